The number of nitrogens with two attached hydrogens (primary N) is 1. The minimum Gasteiger partial charge on any atom is -0.444 e. The number of hydrogen-bond acceptors (Lipinski definition) is 5. The van der Waals surface area contributed by atoms with Crippen LogP contribution in [0.4, 0.5) is 4.79 Å². The minimum absolute atomic E-state index is 0. The van der Waals surface area contributed by atoms with E-state index in [2.05, 4.69) is 9.97 Å². The number of carbonyl (C=O) groups is 1. The maximum Gasteiger partial charge on any atom is 0.410 e. The van der Waals surface area contributed by atoms with Crippen molar-refractivity contribution in [1.29, 1.82) is 0 Å². The maximum atomic E-state index is 12.0. The van der Waals surface area contributed by atoms with Gasteiger partial charge in [-0.05, 0) is 39.3 Å². The molecular formula is C15H25ClN4O2. The Morgan fingerprint density at radius 2 is 2.05 bits per heavy atom. The number of aromatic nitrogens is 2. The van der Waals surface area contributed by atoms with Crippen LogP contribution in [0.3, 0.4) is 0 Å². The lowest BCUT2D eigenvalue weighted by atomic mass is 10.0. The first-order valence-electron chi connectivity index (χ1n) is 7.38. The predicted molar refractivity (Wildman–Crippen MR) is 87.2 cm³/mol. The van der Waals surface area contributed by atoms with Crippen LogP contribution in [0.25, 0.3) is 0 Å². The van der Waals surface area contributed by atoms with Gasteiger partial charge in [-0.15, -0.1) is 12.4 Å². The normalized spacial score (nSPS) is 18.0. The summed E-state index contributed by atoms with van der Waals surface area (Å²) < 4.78 is 5.40. The number of amides is 1. The van der Waals surface area contributed by atoms with E-state index in [4.69, 9.17) is 10.5 Å². The van der Waals surface area contributed by atoms with Crippen molar-refractivity contribution < 1.29 is 9.53 Å². The van der Waals surface area contributed by atoms with Gasteiger partial charge >= 0.3 is 6.09 Å². The summed E-state index contributed by atoms with van der Waals surface area (Å²) in [4.78, 5) is 22.4. The highest BCUT2D eigenvalue weighted by atomic mass is 35.5. The quantitative estimate of drug-likeness (QED) is 0.919. The van der Waals surface area contributed by atoms with Gasteiger partial charge in [0.05, 0.1) is 0 Å². The number of carbonyl (C=O) groups excluding carboxylic acids is 1. The van der Waals surface area contributed by atoms with Crippen LogP contribution in [0, 0.1) is 0 Å². The van der Waals surface area contributed by atoms with Gasteiger partial charge in [0.2, 0.25) is 0 Å². The summed E-state index contributed by atoms with van der Waals surface area (Å²) in [5.74, 6) is 1.05. The van der Waals surface area contributed by atoms with Gasteiger partial charge in [0.1, 0.15) is 11.4 Å². The van der Waals surface area contributed by atoms with Gasteiger partial charge in [-0.2, -0.15) is 0 Å². The SMILES string of the molecule is CC(C)(C)OC(=O)N1CCC(c2cnc(CCN)nc2)C1.Cl. The molecule has 0 bridgehead atoms. The van der Waals surface area contributed by atoms with E-state index in [0.29, 0.717) is 26.1 Å². The van der Waals surface area contributed by atoms with Crippen molar-refractivity contribution in [3.63, 3.8) is 0 Å². The zero-order valence-electron chi connectivity index (χ0n) is 13.4. The van der Waals surface area contributed by atoms with Crippen LogP contribution >= 0.6 is 12.4 Å². The van der Waals surface area contributed by atoms with Gasteiger partial charge in [-0.1, -0.05) is 0 Å². The molecule has 1 atom stereocenters. The maximum absolute atomic E-state index is 12.0. The Labute approximate surface area is 137 Å². The highest BCUT2D eigenvalue weighted by molar-refractivity contribution is 5.85. The van der Waals surface area contributed by atoms with E-state index >= 15 is 0 Å². The van der Waals surface area contributed by atoms with Crippen LogP contribution in [0.1, 0.15) is 44.5 Å². The number of rotatable bonds is 3. The number of nitrogens with zero attached hydrogens (tertiary/aromatic N) is 3. The van der Waals surface area contributed by atoms with E-state index in [9.17, 15) is 4.79 Å². The summed E-state index contributed by atoms with van der Waals surface area (Å²) in [6.07, 6.45) is 5.06. The third-order valence-electron chi connectivity index (χ3n) is 3.40. The lowest BCUT2D eigenvalue weighted by molar-refractivity contribution is 0.0292. The molecule has 124 valence electrons. The molecule has 2 N–H and O–H groups in total. The summed E-state index contributed by atoms with van der Waals surface area (Å²) in [5, 5.41) is 0. The zero-order chi connectivity index (χ0) is 15.5. The van der Waals surface area contributed by atoms with E-state index in [1.165, 1.54) is 0 Å². The number of likely N-dealkylation sites (tertiary alicyclic amines) is 1. The van der Waals surface area contributed by atoms with Crippen LogP contribution < -0.4 is 5.73 Å². The monoisotopic (exact) mass is 328 g/mol. The molecule has 1 unspecified atom stereocenters. The Kier molecular flexibility index (Phi) is 6.56. The molecule has 1 amide bonds. The highest BCUT2D eigenvalue weighted by Crippen LogP contribution is 2.27. The molecular weight excluding hydrogens is 304 g/mol. The molecule has 22 heavy (non-hydrogen) atoms. The van der Waals surface area contributed by atoms with Gasteiger partial charge in [-0.25, -0.2) is 14.8 Å². The van der Waals surface area contributed by atoms with Crippen LogP contribution in [-0.4, -0.2) is 46.2 Å². The van der Waals surface area contributed by atoms with Gasteiger partial charge in [0, 0.05) is 37.8 Å². The molecule has 0 aromatic carbocycles. The molecule has 2 rings (SSSR count). The number of halogens is 1. The van der Waals surface area contributed by atoms with Crippen molar-refractivity contribution in [1.82, 2.24) is 14.9 Å². The Bertz CT molecular complexity index is 487. The molecule has 7 heteroatoms. The lowest BCUT2D eigenvalue weighted by Crippen LogP contribution is -2.35. The standard InChI is InChI=1S/C15H24N4O2.ClH/c1-15(2,3)21-14(20)19-7-5-11(10-19)12-8-17-13(4-6-16)18-9-12;/h8-9,11H,4-7,10,16H2,1-3H3;1H. The van der Waals surface area contributed by atoms with E-state index in [-0.39, 0.29) is 24.4 Å². The third kappa shape index (κ3) is 5.10. The largest absolute Gasteiger partial charge is 0.444 e. The molecule has 1 aromatic heterocycles. The Balaban J connectivity index is 0.00000242. The first kappa shape index (κ1) is 18.6. The molecule has 6 nitrogen and oxygen atoms in total. The molecule has 2 heterocycles. The zero-order valence-corrected chi connectivity index (χ0v) is 14.2. The Hall–Kier alpha value is -1.40. The first-order valence-corrected chi connectivity index (χ1v) is 7.38. The smallest absolute Gasteiger partial charge is 0.410 e. The first-order chi connectivity index (χ1) is 9.89. The average molecular weight is 329 g/mol. The Morgan fingerprint density at radius 1 is 1.41 bits per heavy atom. The summed E-state index contributed by atoms with van der Waals surface area (Å²) >= 11 is 0. The van der Waals surface area contributed by atoms with E-state index < -0.39 is 5.60 Å². The van der Waals surface area contributed by atoms with Crippen LogP contribution in [-0.2, 0) is 11.2 Å². The van der Waals surface area contributed by atoms with Crippen LogP contribution in [0.15, 0.2) is 12.4 Å². The van der Waals surface area contributed by atoms with E-state index in [0.717, 1.165) is 17.8 Å². The lowest BCUT2D eigenvalue weighted by Gasteiger charge is -2.24. The van der Waals surface area contributed by atoms with Crippen molar-refractivity contribution in [3.8, 4) is 0 Å². The summed E-state index contributed by atoms with van der Waals surface area (Å²) in [5.41, 5.74) is 6.10. The van der Waals surface area contributed by atoms with Crippen molar-refractivity contribution in [2.24, 2.45) is 5.73 Å². The van der Waals surface area contributed by atoms with Gasteiger partial charge in [0.15, 0.2) is 0 Å². The fourth-order valence-corrected chi connectivity index (χ4v) is 2.36. The fraction of sp³-hybridized carbons (Fsp3) is 0.667. The Morgan fingerprint density at radius 3 is 2.59 bits per heavy atom. The average Bonchev–Trinajstić information content (AvgIpc) is 2.88. The van der Waals surface area contributed by atoms with Gasteiger partial charge < -0.3 is 15.4 Å². The summed E-state index contributed by atoms with van der Waals surface area (Å²) in [7, 11) is 0. The van der Waals surface area contributed by atoms with Crippen molar-refractivity contribution in [2.45, 2.75) is 45.1 Å². The number of hydrogen-bond donors (Lipinski definition) is 1. The second-order valence-corrected chi connectivity index (χ2v) is 6.38. The summed E-state index contributed by atoms with van der Waals surface area (Å²) in [6.45, 7) is 7.56. The molecule has 1 aliphatic heterocycles. The van der Waals surface area contributed by atoms with Crippen LogP contribution in [0.2, 0.25) is 0 Å². The van der Waals surface area contributed by atoms with Gasteiger partial charge in [0.25, 0.3) is 0 Å². The molecule has 0 radical (unpaired) electrons. The summed E-state index contributed by atoms with van der Waals surface area (Å²) in [6, 6.07) is 0. The number of ether oxygens (including phenoxy) is 1. The second kappa shape index (κ2) is 7.74. The molecule has 0 aliphatic carbocycles. The van der Waals surface area contributed by atoms with Crippen LogP contribution in [0.5, 0.6) is 0 Å². The molecule has 0 spiro atoms. The fourth-order valence-electron chi connectivity index (χ4n) is 2.36. The van der Waals surface area contributed by atoms with Crippen molar-refractivity contribution in [2.75, 3.05) is 19.6 Å². The molecule has 1 aliphatic rings. The van der Waals surface area contributed by atoms with Crippen molar-refractivity contribution in [3.05, 3.63) is 23.8 Å². The van der Waals surface area contributed by atoms with E-state index in [1.807, 2.05) is 33.2 Å². The molecule has 1 saturated heterocycles. The molecule has 1 fully saturated rings. The van der Waals surface area contributed by atoms with Gasteiger partial charge in [-0.3, -0.25) is 0 Å². The third-order valence-corrected chi connectivity index (χ3v) is 3.40. The van der Waals surface area contributed by atoms with E-state index in [1.54, 1.807) is 4.90 Å². The minimum atomic E-state index is -0.456. The topological polar surface area (TPSA) is 81.3 Å². The molecule has 0 saturated carbocycles. The molecule has 1 aromatic rings. The predicted octanol–water partition coefficient (Wildman–Crippen LogP) is 2.12. The van der Waals surface area contributed by atoms with Crippen molar-refractivity contribution >= 4 is 18.5 Å². The highest BCUT2D eigenvalue weighted by Gasteiger charge is 2.30. The second-order valence-electron chi connectivity index (χ2n) is 6.38.